The lowest BCUT2D eigenvalue weighted by molar-refractivity contribution is -0.907. The van der Waals surface area contributed by atoms with E-state index in [9.17, 15) is 10.1 Å². The van der Waals surface area contributed by atoms with Crippen molar-refractivity contribution < 1.29 is 9.69 Å². The number of hydrogen-bond donors (Lipinski definition) is 2. The first-order chi connectivity index (χ1) is 12.1. The minimum atomic E-state index is -0.171. The number of carbonyl (C=O) groups is 1. The van der Waals surface area contributed by atoms with Gasteiger partial charge in [0, 0.05) is 4.88 Å². The van der Waals surface area contributed by atoms with E-state index in [0.29, 0.717) is 5.56 Å². The third-order valence-electron chi connectivity index (χ3n) is 4.94. The third kappa shape index (κ3) is 4.12. The van der Waals surface area contributed by atoms with Crippen molar-refractivity contribution in [3.8, 4) is 6.07 Å². The lowest BCUT2D eigenvalue weighted by Gasteiger charge is -2.20. The van der Waals surface area contributed by atoms with Gasteiger partial charge in [0.25, 0.3) is 5.91 Å². The van der Waals surface area contributed by atoms with E-state index in [0.717, 1.165) is 35.7 Å². The predicted octanol–water partition coefficient (Wildman–Crippen LogP) is 2.99. The van der Waals surface area contributed by atoms with Crippen LogP contribution in [0.2, 0.25) is 0 Å². The number of nitrogens with zero attached hydrogens (tertiary/aromatic N) is 1. The summed E-state index contributed by atoms with van der Waals surface area (Å²) in [7, 11) is 2.04. The zero-order valence-electron chi connectivity index (χ0n) is 14.7. The molecule has 1 unspecified atom stereocenters. The van der Waals surface area contributed by atoms with Gasteiger partial charge in [-0.15, -0.1) is 22.7 Å². The highest BCUT2D eigenvalue weighted by Gasteiger charge is 2.26. The monoisotopic (exact) mass is 374 g/mol. The molecule has 0 saturated heterocycles. The SMILES string of the molecule is C[C@H](C(=O)Nc1sc2c(c1C#N)CCCCC2)[NH+](C)Cc1cccs1. The summed E-state index contributed by atoms with van der Waals surface area (Å²) < 4.78 is 0. The number of hydrogen-bond acceptors (Lipinski definition) is 4. The van der Waals surface area contributed by atoms with Crippen molar-refractivity contribution >= 4 is 33.6 Å². The van der Waals surface area contributed by atoms with Crippen LogP contribution in [0, 0.1) is 11.3 Å². The molecule has 2 atom stereocenters. The summed E-state index contributed by atoms with van der Waals surface area (Å²) in [6.07, 6.45) is 5.53. The van der Waals surface area contributed by atoms with Gasteiger partial charge in [0.15, 0.2) is 6.04 Å². The molecule has 132 valence electrons. The van der Waals surface area contributed by atoms with Crippen LogP contribution in [0.1, 0.15) is 47.1 Å². The summed E-state index contributed by atoms with van der Waals surface area (Å²) >= 11 is 3.32. The summed E-state index contributed by atoms with van der Waals surface area (Å²) in [5, 5.41) is 15.4. The Labute approximate surface area is 157 Å². The van der Waals surface area contributed by atoms with Crippen LogP contribution in [0.5, 0.6) is 0 Å². The Kier molecular flexibility index (Phi) is 5.89. The Bertz CT molecular complexity index is 773. The molecule has 2 aromatic heterocycles. The average Bonchev–Trinajstić information content (AvgIpc) is 3.15. The molecule has 1 amide bonds. The molecule has 2 aromatic rings. The first kappa shape index (κ1) is 18.1. The molecule has 2 N–H and O–H groups in total. The van der Waals surface area contributed by atoms with Crippen molar-refractivity contribution in [2.24, 2.45) is 0 Å². The zero-order valence-corrected chi connectivity index (χ0v) is 16.4. The van der Waals surface area contributed by atoms with Crippen LogP contribution in [0.4, 0.5) is 5.00 Å². The van der Waals surface area contributed by atoms with E-state index < -0.39 is 0 Å². The van der Waals surface area contributed by atoms with E-state index in [1.165, 1.54) is 28.2 Å². The first-order valence-electron chi connectivity index (χ1n) is 8.80. The molecule has 0 bridgehead atoms. The van der Waals surface area contributed by atoms with Crippen LogP contribution in [0.3, 0.4) is 0 Å². The molecule has 25 heavy (non-hydrogen) atoms. The second-order valence-electron chi connectivity index (χ2n) is 6.69. The summed E-state index contributed by atoms with van der Waals surface area (Å²) in [6.45, 7) is 2.78. The van der Waals surface area contributed by atoms with Crippen LogP contribution in [0.15, 0.2) is 17.5 Å². The van der Waals surface area contributed by atoms with Gasteiger partial charge in [-0.3, -0.25) is 4.79 Å². The summed E-state index contributed by atoms with van der Waals surface area (Å²) in [5.74, 6) is -0.0121. The molecule has 0 radical (unpaired) electrons. The van der Waals surface area contributed by atoms with Crippen LogP contribution in [-0.2, 0) is 24.2 Å². The normalized spacial score (nSPS) is 16.4. The average molecular weight is 375 g/mol. The van der Waals surface area contributed by atoms with Gasteiger partial charge >= 0.3 is 0 Å². The van der Waals surface area contributed by atoms with Crippen molar-refractivity contribution in [3.63, 3.8) is 0 Å². The maximum atomic E-state index is 12.7. The Morgan fingerprint density at radius 3 is 2.92 bits per heavy atom. The van der Waals surface area contributed by atoms with Gasteiger partial charge in [-0.05, 0) is 49.6 Å². The predicted molar refractivity (Wildman–Crippen MR) is 103 cm³/mol. The van der Waals surface area contributed by atoms with Crippen molar-refractivity contribution in [2.45, 2.75) is 51.6 Å². The van der Waals surface area contributed by atoms with Crippen molar-refractivity contribution in [1.82, 2.24) is 0 Å². The molecule has 0 aromatic carbocycles. The second-order valence-corrected chi connectivity index (χ2v) is 8.83. The standard InChI is InChI=1S/C19H23N3OS2/c1-13(22(2)12-14-7-6-10-24-14)18(23)21-19-16(11-20)15-8-4-3-5-9-17(15)25-19/h6-7,10,13H,3-5,8-9,12H2,1-2H3,(H,21,23)/p+1/t13-/m1/s1. The summed E-state index contributed by atoms with van der Waals surface area (Å²) in [4.78, 5) is 16.4. The maximum Gasteiger partial charge on any atom is 0.283 e. The molecule has 0 spiro atoms. The third-order valence-corrected chi connectivity index (χ3v) is 7.02. The Balaban J connectivity index is 1.71. The van der Waals surface area contributed by atoms with Gasteiger partial charge in [-0.25, -0.2) is 0 Å². The summed E-state index contributed by atoms with van der Waals surface area (Å²) in [5.41, 5.74) is 1.87. The van der Waals surface area contributed by atoms with Crippen molar-refractivity contribution in [1.29, 1.82) is 5.26 Å². The first-order valence-corrected chi connectivity index (χ1v) is 10.5. The number of rotatable bonds is 5. The van der Waals surface area contributed by atoms with Crippen LogP contribution in [0.25, 0.3) is 0 Å². The minimum Gasteiger partial charge on any atom is -0.323 e. The van der Waals surface area contributed by atoms with Gasteiger partial charge < -0.3 is 10.2 Å². The molecule has 6 heteroatoms. The number of anilines is 1. The Morgan fingerprint density at radius 2 is 2.20 bits per heavy atom. The number of quaternary nitrogens is 1. The van der Waals surface area contributed by atoms with Crippen LogP contribution in [-0.4, -0.2) is 19.0 Å². The number of carbonyl (C=O) groups excluding carboxylic acids is 1. The topological polar surface area (TPSA) is 57.3 Å². The quantitative estimate of drug-likeness (QED) is 0.791. The molecule has 1 aliphatic carbocycles. The lowest BCUT2D eigenvalue weighted by Crippen LogP contribution is -3.12. The van der Waals surface area contributed by atoms with Crippen molar-refractivity contribution in [3.05, 3.63) is 38.4 Å². The van der Waals surface area contributed by atoms with Crippen LogP contribution >= 0.6 is 22.7 Å². The van der Waals surface area contributed by atoms with E-state index in [4.69, 9.17) is 0 Å². The molecule has 2 heterocycles. The fraction of sp³-hybridized carbons (Fsp3) is 0.474. The number of nitriles is 1. The fourth-order valence-corrected chi connectivity index (χ4v) is 5.28. The number of thiophene rings is 2. The molecule has 0 aliphatic heterocycles. The highest BCUT2D eigenvalue weighted by Crippen LogP contribution is 2.36. The Hall–Kier alpha value is -1.68. The molecule has 3 rings (SSSR count). The maximum absolute atomic E-state index is 12.7. The highest BCUT2D eigenvalue weighted by molar-refractivity contribution is 7.16. The molecular weight excluding hydrogens is 350 g/mol. The number of fused-ring (bicyclic) bond motifs is 1. The fourth-order valence-electron chi connectivity index (χ4n) is 3.23. The van der Waals surface area contributed by atoms with E-state index in [-0.39, 0.29) is 11.9 Å². The van der Waals surface area contributed by atoms with Crippen LogP contribution < -0.4 is 10.2 Å². The van der Waals surface area contributed by atoms with Crippen molar-refractivity contribution in [2.75, 3.05) is 12.4 Å². The van der Waals surface area contributed by atoms with Gasteiger partial charge in [-0.1, -0.05) is 12.5 Å². The molecular formula is C19H24N3OS2+. The highest BCUT2D eigenvalue weighted by atomic mass is 32.1. The van der Waals surface area contributed by atoms with Gasteiger partial charge in [-0.2, -0.15) is 5.26 Å². The number of likely N-dealkylation sites (N-methyl/N-ethyl adjacent to an activating group) is 1. The van der Waals surface area contributed by atoms with E-state index in [1.807, 2.05) is 20.0 Å². The molecule has 1 aliphatic rings. The molecule has 4 nitrogen and oxygen atoms in total. The van der Waals surface area contributed by atoms with E-state index in [1.54, 1.807) is 22.7 Å². The molecule has 0 saturated carbocycles. The van der Waals surface area contributed by atoms with Gasteiger partial charge in [0.1, 0.15) is 17.6 Å². The van der Waals surface area contributed by atoms with Gasteiger partial charge in [0.2, 0.25) is 0 Å². The second kappa shape index (κ2) is 8.13. The zero-order chi connectivity index (χ0) is 17.8. The smallest absolute Gasteiger partial charge is 0.283 e. The Morgan fingerprint density at radius 1 is 1.40 bits per heavy atom. The van der Waals surface area contributed by atoms with E-state index >= 15 is 0 Å². The molecule has 0 fully saturated rings. The van der Waals surface area contributed by atoms with Gasteiger partial charge in [0.05, 0.1) is 17.5 Å². The minimum absolute atomic E-state index is 0.0121. The number of nitrogens with one attached hydrogen (secondary N) is 2. The van der Waals surface area contributed by atoms with E-state index in [2.05, 4.69) is 22.8 Å². The summed E-state index contributed by atoms with van der Waals surface area (Å²) in [6, 6.07) is 6.30. The number of amides is 1. The lowest BCUT2D eigenvalue weighted by atomic mass is 10.1. The largest absolute Gasteiger partial charge is 0.323 e. The number of aryl methyl sites for hydroxylation is 1.